The zero-order chi connectivity index (χ0) is 30.4. The molecule has 220 valence electrons. The number of hydrogen-bond acceptors (Lipinski definition) is 7. The Morgan fingerprint density at radius 1 is 1.21 bits per heavy atom. The number of anilines is 1. The molecule has 11 heteroatoms. The Balaban J connectivity index is 1.65. The monoisotopic (exact) mass is 589 g/mol. The number of allylic oxidation sites excluding steroid dienone is 1. The number of pyridine rings is 2. The molecule has 2 N–H and O–H groups in total. The molecule has 10 nitrogen and oxygen atoms in total. The van der Waals surface area contributed by atoms with Crippen LogP contribution in [-0.4, -0.2) is 54.2 Å². The normalized spacial score (nSPS) is 14.0. The second-order valence-electron chi connectivity index (χ2n) is 11.0. The van der Waals surface area contributed by atoms with Crippen LogP contribution < -0.4 is 20.5 Å². The van der Waals surface area contributed by atoms with E-state index in [2.05, 4.69) is 21.9 Å². The molecule has 0 aliphatic heterocycles. The van der Waals surface area contributed by atoms with Crippen LogP contribution in [0.3, 0.4) is 0 Å². The smallest absolute Gasteiger partial charge is 0.256 e. The van der Waals surface area contributed by atoms with Gasteiger partial charge in [-0.1, -0.05) is 6.08 Å². The van der Waals surface area contributed by atoms with Gasteiger partial charge in [-0.2, -0.15) is 0 Å². The molecule has 0 radical (unpaired) electrons. The van der Waals surface area contributed by atoms with Crippen molar-refractivity contribution in [3.8, 4) is 16.9 Å². The molecule has 3 heterocycles. The Bertz CT molecular complexity index is 1870. The van der Waals surface area contributed by atoms with Gasteiger partial charge in [0.05, 0.1) is 29.5 Å². The minimum Gasteiger partial charge on any atom is -0.496 e. The first-order valence-electron chi connectivity index (χ1n) is 13.6. The van der Waals surface area contributed by atoms with Crippen molar-refractivity contribution in [2.45, 2.75) is 44.4 Å². The van der Waals surface area contributed by atoms with Crippen LogP contribution in [0.25, 0.3) is 22.0 Å². The number of carbonyl (C=O) groups is 1. The number of rotatable bonds is 10. The second-order valence-corrected chi connectivity index (χ2v) is 13.2. The third-order valence-electron chi connectivity index (χ3n) is 7.85. The van der Waals surface area contributed by atoms with Crippen LogP contribution in [0.15, 0.2) is 60.2 Å². The van der Waals surface area contributed by atoms with Crippen LogP contribution in [0.1, 0.15) is 46.4 Å². The van der Waals surface area contributed by atoms with E-state index in [-0.39, 0.29) is 17.7 Å². The number of carbonyl (C=O) groups excluding carboxylic acids is 1. The standard InChI is InChI=1S/C31H35N5O5S/c1-7-10-31(11-12-31)42(39,40)36-18-19(2)28-23(29(37)33-17-24-26(41-6)13-20(3)34-30(24)38)14-22(15-25(28)36)21-8-9-27(32-16-21)35(4)5/h7-9,13-16,18H,1,10-12,17H2,2-6H3,(H,33,37)(H,34,38). The predicted molar refractivity (Wildman–Crippen MR) is 165 cm³/mol. The molecule has 0 unspecified atom stereocenters. The van der Waals surface area contributed by atoms with Gasteiger partial charge in [-0.3, -0.25) is 9.59 Å². The fourth-order valence-electron chi connectivity index (χ4n) is 5.37. The zero-order valence-electron chi connectivity index (χ0n) is 24.4. The van der Waals surface area contributed by atoms with Crippen LogP contribution in [0.4, 0.5) is 5.82 Å². The summed E-state index contributed by atoms with van der Waals surface area (Å²) in [6.45, 7) is 7.23. The highest BCUT2D eigenvalue weighted by atomic mass is 32.2. The van der Waals surface area contributed by atoms with E-state index in [1.807, 2.05) is 31.1 Å². The average Bonchev–Trinajstić information content (AvgIpc) is 3.68. The maximum absolute atomic E-state index is 14.0. The zero-order valence-corrected chi connectivity index (χ0v) is 25.3. The second kappa shape index (κ2) is 10.8. The molecule has 0 bridgehead atoms. The maximum atomic E-state index is 14.0. The molecule has 1 fully saturated rings. The summed E-state index contributed by atoms with van der Waals surface area (Å²) < 4.78 is 33.7. The number of H-pyrrole nitrogens is 1. The summed E-state index contributed by atoms with van der Waals surface area (Å²) in [4.78, 5) is 35.6. The van der Waals surface area contributed by atoms with Crippen molar-refractivity contribution >= 4 is 32.7 Å². The summed E-state index contributed by atoms with van der Waals surface area (Å²) in [6, 6.07) is 8.97. The van der Waals surface area contributed by atoms with Crippen molar-refractivity contribution in [3.63, 3.8) is 0 Å². The Morgan fingerprint density at radius 2 is 1.95 bits per heavy atom. The average molecular weight is 590 g/mol. The van der Waals surface area contributed by atoms with Gasteiger partial charge in [0.25, 0.3) is 11.5 Å². The van der Waals surface area contributed by atoms with E-state index in [0.717, 1.165) is 11.4 Å². The molecule has 3 aromatic heterocycles. The molecule has 5 rings (SSSR count). The van der Waals surface area contributed by atoms with E-state index in [1.165, 1.54) is 11.1 Å². The molecule has 1 saturated carbocycles. The molecule has 4 aromatic rings. The lowest BCUT2D eigenvalue weighted by molar-refractivity contribution is 0.0952. The number of benzene rings is 1. The first kappa shape index (κ1) is 29.1. The van der Waals surface area contributed by atoms with Gasteiger partial charge in [0.2, 0.25) is 10.0 Å². The van der Waals surface area contributed by atoms with Crippen LogP contribution in [-0.2, 0) is 16.6 Å². The number of fused-ring (bicyclic) bond motifs is 1. The Labute approximate surface area is 245 Å². The molecule has 1 aromatic carbocycles. The molecule has 1 aliphatic rings. The number of hydrogen-bond donors (Lipinski definition) is 2. The minimum atomic E-state index is -3.80. The van der Waals surface area contributed by atoms with Gasteiger partial charge in [0.1, 0.15) is 11.6 Å². The quantitative estimate of drug-likeness (QED) is 0.264. The van der Waals surface area contributed by atoms with E-state index in [4.69, 9.17) is 4.74 Å². The molecular weight excluding hydrogens is 554 g/mol. The first-order chi connectivity index (χ1) is 19.9. The van der Waals surface area contributed by atoms with E-state index in [9.17, 15) is 18.0 Å². The summed E-state index contributed by atoms with van der Waals surface area (Å²) in [6.07, 6.45) is 6.39. The molecule has 1 amide bonds. The summed E-state index contributed by atoms with van der Waals surface area (Å²) in [5.74, 6) is 0.678. The summed E-state index contributed by atoms with van der Waals surface area (Å²) >= 11 is 0. The van der Waals surface area contributed by atoms with Crippen LogP contribution in [0.2, 0.25) is 0 Å². The fourth-order valence-corrected chi connectivity index (χ4v) is 7.43. The number of aryl methyl sites for hydroxylation is 2. The number of ether oxygens (including phenoxy) is 1. The Morgan fingerprint density at radius 3 is 2.55 bits per heavy atom. The van der Waals surface area contributed by atoms with E-state index >= 15 is 0 Å². The highest BCUT2D eigenvalue weighted by Crippen LogP contribution is 2.49. The van der Waals surface area contributed by atoms with Crippen molar-refractivity contribution in [1.82, 2.24) is 19.3 Å². The van der Waals surface area contributed by atoms with E-state index in [0.29, 0.717) is 58.3 Å². The van der Waals surface area contributed by atoms with Crippen molar-refractivity contribution in [1.29, 1.82) is 0 Å². The third-order valence-corrected chi connectivity index (χ3v) is 10.3. The SMILES string of the molecule is C=CCC1(S(=O)(=O)n2cc(C)c3c(C(=O)NCc4c(OC)cc(C)[nH]c4=O)cc(-c4ccc(N(C)C)nc4)cc32)CC1. The van der Waals surface area contributed by atoms with Crippen molar-refractivity contribution in [2.75, 3.05) is 26.1 Å². The number of aromatic nitrogens is 3. The topological polar surface area (TPSA) is 126 Å². The molecule has 42 heavy (non-hydrogen) atoms. The van der Waals surface area contributed by atoms with Gasteiger partial charge in [0, 0.05) is 48.7 Å². The Hall–Kier alpha value is -4.38. The van der Waals surface area contributed by atoms with Crippen LogP contribution in [0.5, 0.6) is 5.75 Å². The van der Waals surface area contributed by atoms with E-state index < -0.39 is 20.7 Å². The lowest BCUT2D eigenvalue weighted by Crippen LogP contribution is -2.29. The Kier molecular flexibility index (Phi) is 7.48. The molecule has 0 saturated heterocycles. The van der Waals surface area contributed by atoms with Gasteiger partial charge in [-0.25, -0.2) is 17.4 Å². The summed E-state index contributed by atoms with van der Waals surface area (Å²) in [7, 11) is 1.45. The summed E-state index contributed by atoms with van der Waals surface area (Å²) in [5.41, 5.74) is 3.27. The van der Waals surface area contributed by atoms with Crippen molar-refractivity contribution < 1.29 is 17.9 Å². The highest BCUT2D eigenvalue weighted by Gasteiger charge is 2.54. The van der Waals surface area contributed by atoms with Gasteiger partial charge >= 0.3 is 0 Å². The van der Waals surface area contributed by atoms with Crippen molar-refractivity contribution in [2.24, 2.45) is 0 Å². The number of amides is 1. The van der Waals surface area contributed by atoms with Gasteiger partial charge < -0.3 is 19.9 Å². The molecule has 0 atom stereocenters. The van der Waals surface area contributed by atoms with Gasteiger partial charge in [-0.15, -0.1) is 6.58 Å². The first-order valence-corrected chi connectivity index (χ1v) is 15.1. The summed E-state index contributed by atoms with van der Waals surface area (Å²) in [5, 5.41) is 3.37. The minimum absolute atomic E-state index is 0.0804. The number of nitrogens with zero attached hydrogens (tertiary/aromatic N) is 3. The maximum Gasteiger partial charge on any atom is 0.256 e. The number of aromatic amines is 1. The number of nitrogens with one attached hydrogen (secondary N) is 2. The van der Waals surface area contributed by atoms with Crippen LogP contribution >= 0.6 is 0 Å². The fraction of sp³-hybridized carbons (Fsp3) is 0.323. The predicted octanol–water partition coefficient (Wildman–Crippen LogP) is 4.30. The highest BCUT2D eigenvalue weighted by molar-refractivity contribution is 7.91. The van der Waals surface area contributed by atoms with E-state index in [1.54, 1.807) is 50.5 Å². The molecule has 0 spiro atoms. The lowest BCUT2D eigenvalue weighted by Gasteiger charge is -2.17. The van der Waals surface area contributed by atoms with Crippen LogP contribution in [0, 0.1) is 13.8 Å². The third kappa shape index (κ3) is 4.98. The van der Waals surface area contributed by atoms with Gasteiger partial charge in [0.15, 0.2) is 0 Å². The van der Waals surface area contributed by atoms with Crippen molar-refractivity contribution in [3.05, 3.63) is 88.1 Å². The van der Waals surface area contributed by atoms with Gasteiger partial charge in [-0.05, 0) is 74.6 Å². The lowest BCUT2D eigenvalue weighted by atomic mass is 9.99. The number of methoxy groups -OCH3 is 1. The molecule has 1 aliphatic carbocycles. The largest absolute Gasteiger partial charge is 0.496 e. The molecular formula is C31H35N5O5S.